The van der Waals surface area contributed by atoms with E-state index in [1.165, 1.54) is 23.5 Å². The Morgan fingerprint density at radius 3 is 2.43 bits per heavy atom. The molecule has 0 saturated carbocycles. The van der Waals surface area contributed by atoms with Crippen molar-refractivity contribution in [2.75, 3.05) is 0 Å². The van der Waals surface area contributed by atoms with E-state index in [4.69, 9.17) is 9.88 Å². The Labute approximate surface area is 170 Å². The fraction of sp³-hybridized carbons (Fsp3) is 0.474. The number of nitrogens with zero attached hydrogens (tertiary/aromatic N) is 1. The highest BCUT2D eigenvalue weighted by Gasteiger charge is 2.29. The average Bonchev–Trinajstić information content (AvgIpc) is 2.99. The first-order valence-electron chi connectivity index (χ1n) is 8.95. The van der Waals surface area contributed by atoms with E-state index >= 15 is 0 Å². The van der Waals surface area contributed by atoms with Crippen LogP contribution in [0, 0.1) is 0 Å². The molecule has 0 aliphatic rings. The molecule has 9 heteroatoms. The molecule has 0 spiro atoms. The van der Waals surface area contributed by atoms with E-state index in [2.05, 4.69) is 16.1 Å². The number of hydrogen-bond donors (Lipinski definition) is 1. The second-order valence-corrected chi connectivity index (χ2v) is 9.48. The molecule has 1 aromatic carbocycles. The molecular formula is C19H26N2O5S2. The van der Waals surface area contributed by atoms with Gasteiger partial charge in [0.25, 0.3) is 0 Å². The largest absolute Gasteiger partial charge is 0.459 e. The maximum Gasteiger partial charge on any atom is 0.380 e. The summed E-state index contributed by atoms with van der Waals surface area (Å²) in [6.45, 7) is 7.55. The third kappa shape index (κ3) is 7.21. The number of hydrogen-bond acceptors (Lipinski definition) is 7. The molecule has 0 bridgehead atoms. The number of rotatable bonds is 8. The summed E-state index contributed by atoms with van der Waals surface area (Å²) >= 11 is 1.45. The molecule has 0 fully saturated rings. The molecule has 7 nitrogen and oxygen atoms in total. The van der Waals surface area contributed by atoms with Gasteiger partial charge in [-0.15, -0.1) is 11.3 Å². The summed E-state index contributed by atoms with van der Waals surface area (Å²) in [7, 11) is -4.08. The number of carbonyl (C=O) groups excluding carboxylic acids is 1. The standard InChI is InChI=1S/C19H26N2O5S2/c1-5-6-14-12-27-17(21-14)16(18(22)25-19(2,3)4)11-13-7-9-15(10-8-13)26-28(20,23)24/h7-10,12,16H,5-6,11H2,1-4H3,(H2,20,23,24)/t16-/m1/s1. The summed E-state index contributed by atoms with van der Waals surface area (Å²) in [6.07, 6.45) is 2.21. The number of benzene rings is 1. The topological polar surface area (TPSA) is 109 Å². The smallest absolute Gasteiger partial charge is 0.380 e. The molecule has 2 rings (SSSR count). The number of aromatic nitrogens is 1. The van der Waals surface area contributed by atoms with Crippen molar-refractivity contribution >= 4 is 27.6 Å². The van der Waals surface area contributed by atoms with Crippen molar-refractivity contribution in [1.82, 2.24) is 4.98 Å². The van der Waals surface area contributed by atoms with Crippen LogP contribution in [0.15, 0.2) is 29.6 Å². The fourth-order valence-corrected chi connectivity index (χ4v) is 3.87. The van der Waals surface area contributed by atoms with E-state index < -0.39 is 21.8 Å². The third-order valence-electron chi connectivity index (χ3n) is 3.64. The lowest BCUT2D eigenvalue weighted by atomic mass is 9.99. The molecule has 1 heterocycles. The zero-order valence-electron chi connectivity index (χ0n) is 16.5. The van der Waals surface area contributed by atoms with Crippen LogP contribution in [0.5, 0.6) is 5.75 Å². The number of thiazole rings is 1. The second-order valence-electron chi connectivity index (χ2n) is 7.44. The highest BCUT2D eigenvalue weighted by Crippen LogP contribution is 2.28. The maximum atomic E-state index is 12.8. The minimum atomic E-state index is -4.08. The number of esters is 1. The van der Waals surface area contributed by atoms with Crippen LogP contribution in [0.3, 0.4) is 0 Å². The quantitative estimate of drug-likeness (QED) is 0.649. The van der Waals surface area contributed by atoms with E-state index in [1.807, 2.05) is 26.2 Å². The number of nitrogens with two attached hydrogens (primary N) is 1. The zero-order chi connectivity index (χ0) is 20.9. The Hall–Kier alpha value is -1.97. The lowest BCUT2D eigenvalue weighted by Gasteiger charge is -2.23. The average molecular weight is 427 g/mol. The summed E-state index contributed by atoms with van der Waals surface area (Å²) < 4.78 is 32.3. The van der Waals surface area contributed by atoms with Crippen LogP contribution in [-0.4, -0.2) is 25.0 Å². The first-order chi connectivity index (χ1) is 13.0. The lowest BCUT2D eigenvalue weighted by molar-refractivity contribution is -0.156. The highest BCUT2D eigenvalue weighted by atomic mass is 32.2. The van der Waals surface area contributed by atoms with Gasteiger partial charge in [-0.25, -0.2) is 4.98 Å². The van der Waals surface area contributed by atoms with Crippen LogP contribution in [0.25, 0.3) is 0 Å². The van der Waals surface area contributed by atoms with Crippen molar-refractivity contribution in [2.45, 2.75) is 58.5 Å². The summed E-state index contributed by atoms with van der Waals surface area (Å²) in [5.41, 5.74) is 1.18. The first kappa shape index (κ1) is 22.3. The number of carbonyl (C=O) groups is 1. The van der Waals surface area contributed by atoms with Gasteiger partial charge in [0, 0.05) is 5.38 Å². The maximum absolute atomic E-state index is 12.8. The second kappa shape index (κ2) is 9.02. The van der Waals surface area contributed by atoms with Crippen molar-refractivity contribution in [3.8, 4) is 5.75 Å². The molecule has 0 aliphatic heterocycles. The summed E-state index contributed by atoms with van der Waals surface area (Å²) in [4.78, 5) is 17.4. The van der Waals surface area contributed by atoms with Gasteiger partial charge >= 0.3 is 16.3 Å². The Morgan fingerprint density at radius 1 is 1.25 bits per heavy atom. The first-order valence-corrected chi connectivity index (χ1v) is 11.3. The van der Waals surface area contributed by atoms with Gasteiger partial charge in [0.1, 0.15) is 22.3 Å². The van der Waals surface area contributed by atoms with Crippen molar-refractivity contribution in [2.24, 2.45) is 5.14 Å². The molecule has 28 heavy (non-hydrogen) atoms. The highest BCUT2D eigenvalue weighted by molar-refractivity contribution is 7.84. The van der Waals surface area contributed by atoms with Crippen molar-refractivity contribution in [1.29, 1.82) is 0 Å². The third-order valence-corrected chi connectivity index (χ3v) is 5.07. The van der Waals surface area contributed by atoms with Crippen LogP contribution in [-0.2, 0) is 32.7 Å². The van der Waals surface area contributed by atoms with E-state index in [1.54, 1.807) is 12.1 Å². The molecule has 1 aromatic heterocycles. The van der Waals surface area contributed by atoms with Gasteiger partial charge in [0.05, 0.1) is 5.69 Å². The van der Waals surface area contributed by atoms with Crippen molar-refractivity contribution < 1.29 is 22.1 Å². The van der Waals surface area contributed by atoms with Gasteiger partial charge in [0.2, 0.25) is 0 Å². The number of aryl methyl sites for hydroxylation is 1. The van der Waals surface area contributed by atoms with Crippen molar-refractivity contribution in [3.05, 3.63) is 45.9 Å². The molecule has 1 atom stereocenters. The molecule has 154 valence electrons. The van der Waals surface area contributed by atoms with Gasteiger partial charge < -0.3 is 8.92 Å². The predicted molar refractivity (Wildman–Crippen MR) is 109 cm³/mol. The molecule has 0 unspecified atom stereocenters. The molecule has 2 N–H and O–H groups in total. The summed E-state index contributed by atoms with van der Waals surface area (Å²) in [5, 5.41) is 7.55. The van der Waals surface area contributed by atoms with E-state index in [-0.39, 0.29) is 11.7 Å². The van der Waals surface area contributed by atoms with Crippen LogP contribution in [0.4, 0.5) is 0 Å². The summed E-state index contributed by atoms with van der Waals surface area (Å²) in [6, 6.07) is 6.38. The Kier molecular flexibility index (Phi) is 7.19. The monoisotopic (exact) mass is 426 g/mol. The normalized spacial score (nSPS) is 13.2. The van der Waals surface area contributed by atoms with Gasteiger partial charge in [-0.2, -0.15) is 13.6 Å². The van der Waals surface area contributed by atoms with Gasteiger partial charge in [-0.05, 0) is 51.3 Å². The van der Waals surface area contributed by atoms with Crippen LogP contribution < -0.4 is 9.32 Å². The van der Waals surface area contributed by atoms with Crippen LogP contribution in [0.1, 0.15) is 56.3 Å². The van der Waals surface area contributed by atoms with Crippen LogP contribution >= 0.6 is 11.3 Å². The van der Waals surface area contributed by atoms with E-state index in [0.717, 1.165) is 24.1 Å². The lowest BCUT2D eigenvalue weighted by Crippen LogP contribution is -2.28. The minimum Gasteiger partial charge on any atom is -0.459 e. The predicted octanol–water partition coefficient (Wildman–Crippen LogP) is 3.35. The SMILES string of the molecule is CCCc1csc([C@@H](Cc2ccc(OS(N)(=O)=O)cc2)C(=O)OC(C)(C)C)n1. The zero-order valence-corrected chi connectivity index (χ0v) is 18.1. The van der Waals surface area contributed by atoms with Crippen molar-refractivity contribution in [3.63, 3.8) is 0 Å². The van der Waals surface area contributed by atoms with E-state index in [0.29, 0.717) is 11.4 Å². The van der Waals surface area contributed by atoms with Gasteiger partial charge in [-0.3, -0.25) is 4.79 Å². The fourth-order valence-electron chi connectivity index (χ4n) is 2.55. The molecule has 0 saturated heterocycles. The van der Waals surface area contributed by atoms with Gasteiger partial charge in [0.15, 0.2) is 0 Å². The number of ether oxygens (including phenoxy) is 1. The minimum absolute atomic E-state index is 0.111. The van der Waals surface area contributed by atoms with Crippen LogP contribution in [0.2, 0.25) is 0 Å². The van der Waals surface area contributed by atoms with E-state index in [9.17, 15) is 13.2 Å². The molecule has 0 radical (unpaired) electrons. The Morgan fingerprint density at radius 2 is 1.89 bits per heavy atom. The molecule has 0 amide bonds. The summed E-state index contributed by atoms with van der Waals surface area (Å²) in [5.74, 6) is -0.769. The van der Waals surface area contributed by atoms with Gasteiger partial charge in [-0.1, -0.05) is 25.5 Å². The Balaban J connectivity index is 2.24. The molecule has 0 aliphatic carbocycles. The Bertz CT molecular complexity index is 899. The molecule has 2 aromatic rings. The molecular weight excluding hydrogens is 400 g/mol.